The summed E-state index contributed by atoms with van der Waals surface area (Å²) in [6.07, 6.45) is 1.57. The van der Waals surface area contributed by atoms with Gasteiger partial charge in [0, 0.05) is 0 Å². The first-order valence-electron chi connectivity index (χ1n) is 9.04. The van der Waals surface area contributed by atoms with Crippen LogP contribution >= 0.6 is 27.7 Å². The third kappa shape index (κ3) is 5.80. The van der Waals surface area contributed by atoms with Crippen molar-refractivity contribution < 1.29 is 33.7 Å². The molecule has 0 radical (unpaired) electrons. The van der Waals surface area contributed by atoms with E-state index in [0.29, 0.717) is 15.8 Å². The third-order valence-electron chi connectivity index (χ3n) is 4.09. The molecule has 1 fully saturated rings. The summed E-state index contributed by atoms with van der Waals surface area (Å²) in [5, 5.41) is 8.43. The van der Waals surface area contributed by atoms with Crippen LogP contribution in [0, 0.1) is 0 Å². The van der Waals surface area contributed by atoms with Crippen LogP contribution < -0.4 is 14.2 Å². The summed E-state index contributed by atoms with van der Waals surface area (Å²) in [5.74, 6) is -0.353. The van der Waals surface area contributed by atoms with Crippen LogP contribution in [-0.2, 0) is 9.59 Å². The molecule has 0 aromatic heterocycles. The predicted molar refractivity (Wildman–Crippen MR) is 118 cm³/mol. The van der Waals surface area contributed by atoms with E-state index in [4.69, 9.17) is 19.3 Å². The number of methoxy groups -OCH3 is 1. The van der Waals surface area contributed by atoms with Gasteiger partial charge in [-0.1, -0.05) is 18.2 Å². The summed E-state index contributed by atoms with van der Waals surface area (Å²) < 4.78 is 16.5. The number of carboxylic acids is 1. The lowest BCUT2D eigenvalue weighted by atomic mass is 10.2. The van der Waals surface area contributed by atoms with Crippen LogP contribution in [0.1, 0.15) is 5.56 Å². The number of benzene rings is 2. The summed E-state index contributed by atoms with van der Waals surface area (Å²) in [6.45, 7) is -0.214. The Bertz CT molecular complexity index is 1030. The highest BCUT2D eigenvalue weighted by Crippen LogP contribution is 2.39. The lowest BCUT2D eigenvalue weighted by Gasteiger charge is -2.13. The van der Waals surface area contributed by atoms with Crippen molar-refractivity contribution in [1.82, 2.24) is 4.90 Å². The molecule has 2 amide bonds. The fourth-order valence-electron chi connectivity index (χ4n) is 2.71. The molecule has 1 saturated heterocycles. The largest absolute Gasteiger partial charge is 0.493 e. The Morgan fingerprint density at radius 3 is 2.61 bits per heavy atom. The molecule has 2 aromatic carbocycles. The zero-order valence-electron chi connectivity index (χ0n) is 16.4. The highest BCUT2D eigenvalue weighted by Gasteiger charge is 2.34. The fraction of sp³-hybridized carbons (Fsp3) is 0.190. The number of rotatable bonds is 9. The number of carbonyl (C=O) groups is 3. The van der Waals surface area contributed by atoms with E-state index in [-0.39, 0.29) is 34.8 Å². The number of nitrogens with zero attached hydrogens (tertiary/aromatic N) is 1. The van der Waals surface area contributed by atoms with E-state index in [2.05, 4.69) is 15.9 Å². The van der Waals surface area contributed by atoms with Crippen LogP contribution in [0.4, 0.5) is 4.79 Å². The lowest BCUT2D eigenvalue weighted by molar-refractivity contribution is -0.139. The van der Waals surface area contributed by atoms with Crippen molar-refractivity contribution in [1.29, 1.82) is 0 Å². The van der Waals surface area contributed by atoms with E-state index >= 15 is 0 Å². The van der Waals surface area contributed by atoms with Crippen LogP contribution in [-0.4, -0.2) is 54.0 Å². The molecule has 2 aromatic rings. The van der Waals surface area contributed by atoms with Crippen LogP contribution in [0.2, 0.25) is 0 Å². The third-order valence-corrected chi connectivity index (χ3v) is 5.59. The first kappa shape index (κ1) is 22.7. The number of amides is 2. The minimum absolute atomic E-state index is 0.131. The lowest BCUT2D eigenvalue weighted by Crippen LogP contribution is -2.32. The van der Waals surface area contributed by atoms with Gasteiger partial charge in [0.25, 0.3) is 11.1 Å². The Balaban J connectivity index is 1.71. The molecular formula is C21H18BrNO7S. The Kier molecular flexibility index (Phi) is 7.59. The SMILES string of the molecule is COc1cc(/C=C2\SC(=O)N(CCOc3ccccc3)C2=O)cc(Br)c1OCC(=O)O. The highest BCUT2D eigenvalue weighted by molar-refractivity contribution is 9.10. The minimum Gasteiger partial charge on any atom is -0.493 e. The van der Waals surface area contributed by atoms with Gasteiger partial charge in [-0.15, -0.1) is 0 Å². The molecule has 1 N–H and O–H groups in total. The van der Waals surface area contributed by atoms with Gasteiger partial charge in [0.15, 0.2) is 18.1 Å². The second kappa shape index (κ2) is 10.4. The number of carbonyl (C=O) groups excluding carboxylic acids is 2. The van der Waals surface area contributed by atoms with Crippen molar-refractivity contribution in [3.63, 3.8) is 0 Å². The van der Waals surface area contributed by atoms with Gasteiger partial charge < -0.3 is 19.3 Å². The minimum atomic E-state index is -1.12. The number of aliphatic carboxylic acids is 1. The van der Waals surface area contributed by atoms with Crippen molar-refractivity contribution in [3.05, 3.63) is 57.4 Å². The maximum Gasteiger partial charge on any atom is 0.341 e. The molecule has 0 aliphatic carbocycles. The standard InChI is InChI=1S/C21H18BrNO7S/c1-28-16-10-13(9-15(22)19(16)30-12-18(24)25)11-17-20(26)23(21(27)31-17)7-8-29-14-5-3-2-4-6-14/h2-6,9-11H,7-8,12H2,1H3,(H,24,25)/b17-11-. The zero-order valence-corrected chi connectivity index (χ0v) is 18.8. The van der Waals surface area contributed by atoms with Gasteiger partial charge in [0.1, 0.15) is 12.4 Å². The normalized spacial score (nSPS) is 14.8. The maximum absolute atomic E-state index is 12.7. The van der Waals surface area contributed by atoms with Gasteiger partial charge in [-0.3, -0.25) is 14.5 Å². The molecule has 0 unspecified atom stereocenters. The molecule has 0 saturated carbocycles. The summed E-state index contributed by atoms with van der Waals surface area (Å²) in [4.78, 5) is 37.1. The van der Waals surface area contributed by atoms with Crippen LogP contribution in [0.5, 0.6) is 17.2 Å². The number of hydrogen-bond donors (Lipinski definition) is 1. The molecule has 0 spiro atoms. The summed E-state index contributed by atoms with van der Waals surface area (Å²) in [6, 6.07) is 12.4. The van der Waals surface area contributed by atoms with E-state index < -0.39 is 18.5 Å². The van der Waals surface area contributed by atoms with Gasteiger partial charge in [-0.2, -0.15) is 0 Å². The first-order chi connectivity index (χ1) is 14.9. The summed E-state index contributed by atoms with van der Waals surface area (Å²) >= 11 is 4.16. The van der Waals surface area contributed by atoms with Gasteiger partial charge in [0.2, 0.25) is 0 Å². The number of carboxylic acid groups (broad SMARTS) is 1. The van der Waals surface area contributed by atoms with Crippen LogP contribution in [0.25, 0.3) is 6.08 Å². The molecular weight excluding hydrogens is 490 g/mol. The van der Waals surface area contributed by atoms with E-state index in [1.54, 1.807) is 30.3 Å². The van der Waals surface area contributed by atoms with Gasteiger partial charge in [-0.05, 0) is 63.6 Å². The van der Waals surface area contributed by atoms with Gasteiger partial charge in [-0.25, -0.2) is 4.79 Å². The number of halogens is 1. The molecule has 0 bridgehead atoms. The monoisotopic (exact) mass is 507 g/mol. The Morgan fingerprint density at radius 2 is 1.94 bits per heavy atom. The molecule has 31 heavy (non-hydrogen) atoms. The molecule has 8 nitrogen and oxygen atoms in total. The number of hydrogen-bond acceptors (Lipinski definition) is 7. The first-order valence-corrected chi connectivity index (χ1v) is 10.7. The Morgan fingerprint density at radius 1 is 1.19 bits per heavy atom. The van der Waals surface area contributed by atoms with Crippen molar-refractivity contribution in [2.45, 2.75) is 0 Å². The molecule has 10 heteroatoms. The molecule has 1 aliphatic heterocycles. The second-order valence-corrected chi connectivity index (χ2v) is 8.06. The van der Waals surface area contributed by atoms with Gasteiger partial charge in [0.05, 0.1) is 23.0 Å². The fourth-order valence-corrected chi connectivity index (χ4v) is 4.15. The van der Waals surface area contributed by atoms with Crippen molar-refractivity contribution in [3.8, 4) is 17.2 Å². The molecule has 1 heterocycles. The number of para-hydroxylation sites is 1. The smallest absolute Gasteiger partial charge is 0.341 e. The van der Waals surface area contributed by atoms with E-state index in [0.717, 1.165) is 16.7 Å². The average Bonchev–Trinajstić information content (AvgIpc) is 3.00. The predicted octanol–water partition coefficient (Wildman–Crippen LogP) is 4.04. The quantitative estimate of drug-likeness (QED) is 0.507. The maximum atomic E-state index is 12.7. The Labute approximate surface area is 190 Å². The van der Waals surface area contributed by atoms with Gasteiger partial charge >= 0.3 is 5.97 Å². The van der Waals surface area contributed by atoms with Crippen molar-refractivity contribution >= 4 is 50.9 Å². The summed E-state index contributed by atoms with van der Waals surface area (Å²) in [7, 11) is 1.42. The van der Waals surface area contributed by atoms with Crippen molar-refractivity contribution in [2.75, 3.05) is 26.9 Å². The molecule has 0 atom stereocenters. The topological polar surface area (TPSA) is 102 Å². The van der Waals surface area contributed by atoms with Crippen molar-refractivity contribution in [2.24, 2.45) is 0 Å². The highest BCUT2D eigenvalue weighted by atomic mass is 79.9. The number of thioether (sulfide) groups is 1. The summed E-state index contributed by atoms with van der Waals surface area (Å²) in [5.41, 5.74) is 0.581. The molecule has 162 valence electrons. The average molecular weight is 508 g/mol. The van der Waals surface area contributed by atoms with Crippen LogP contribution in [0.15, 0.2) is 51.8 Å². The number of ether oxygens (including phenoxy) is 3. The van der Waals surface area contributed by atoms with E-state index in [1.807, 2.05) is 18.2 Å². The Hall–Kier alpha value is -2.98. The number of imide groups is 1. The van der Waals surface area contributed by atoms with E-state index in [1.165, 1.54) is 7.11 Å². The zero-order chi connectivity index (χ0) is 22.4. The second-order valence-electron chi connectivity index (χ2n) is 6.21. The van der Waals surface area contributed by atoms with Crippen LogP contribution in [0.3, 0.4) is 0 Å². The van der Waals surface area contributed by atoms with E-state index in [9.17, 15) is 14.4 Å². The molecule has 1 aliphatic rings. The molecule has 3 rings (SSSR count).